The molecule has 4 aliphatic heterocycles. The third-order valence-corrected chi connectivity index (χ3v) is 7.27. The van der Waals surface area contributed by atoms with Gasteiger partial charge in [0, 0.05) is 57.5 Å². The summed E-state index contributed by atoms with van der Waals surface area (Å²) in [6.07, 6.45) is 3.66. The van der Waals surface area contributed by atoms with E-state index in [-0.39, 0.29) is 0 Å². The predicted octanol–water partition coefficient (Wildman–Crippen LogP) is 1.07. The Labute approximate surface area is 163 Å². The smallest absolute Gasteiger partial charge is 0.208 e. The molecule has 27 heavy (non-hydrogen) atoms. The van der Waals surface area contributed by atoms with E-state index in [2.05, 4.69) is 49.8 Å². The van der Waals surface area contributed by atoms with Gasteiger partial charge in [-0.25, -0.2) is 13.1 Å². The Morgan fingerprint density at radius 2 is 1.81 bits per heavy atom. The van der Waals surface area contributed by atoms with Crippen molar-refractivity contribution in [1.82, 2.24) is 14.5 Å². The number of nitrogens with zero attached hydrogens (tertiary/aromatic N) is 3. The average molecular weight is 393 g/mol. The van der Waals surface area contributed by atoms with Crippen molar-refractivity contribution in [3.05, 3.63) is 30.3 Å². The minimum Gasteiger partial charge on any atom is -0.369 e. The first kappa shape index (κ1) is 19.2. The van der Waals surface area contributed by atoms with Gasteiger partial charge in [0.2, 0.25) is 10.0 Å². The fourth-order valence-electron chi connectivity index (χ4n) is 5.08. The molecule has 0 amide bonds. The van der Waals surface area contributed by atoms with Crippen LogP contribution in [0.4, 0.5) is 5.69 Å². The number of anilines is 1. The van der Waals surface area contributed by atoms with E-state index in [1.54, 1.807) is 0 Å². The van der Waals surface area contributed by atoms with Crippen LogP contribution in [0.3, 0.4) is 0 Å². The quantitative estimate of drug-likeness (QED) is 0.785. The van der Waals surface area contributed by atoms with Gasteiger partial charge in [0.05, 0.1) is 6.26 Å². The number of para-hydroxylation sites is 1. The van der Waals surface area contributed by atoms with Gasteiger partial charge in [0.15, 0.2) is 0 Å². The van der Waals surface area contributed by atoms with E-state index < -0.39 is 10.0 Å². The second-order valence-electron chi connectivity index (χ2n) is 8.44. The van der Waals surface area contributed by atoms with Gasteiger partial charge in [-0.2, -0.15) is 0 Å². The molecule has 1 aromatic rings. The standard InChI is InChI=1S/C20H32N4O2S/c1-27(25,26)21-14-20-13-17-7-8-24(20)16-18(17)15-22-9-11-23(12-10-22)19-5-3-2-4-6-19/h2-6,17-18,20-21H,7-16H2,1H3/t17-,18-,20+/m0/s1. The summed E-state index contributed by atoms with van der Waals surface area (Å²) in [5, 5.41) is 0. The number of benzene rings is 1. The Morgan fingerprint density at radius 1 is 1.07 bits per heavy atom. The van der Waals surface area contributed by atoms with Crippen LogP contribution in [-0.2, 0) is 10.0 Å². The number of nitrogens with one attached hydrogen (secondary N) is 1. The van der Waals surface area contributed by atoms with E-state index in [9.17, 15) is 8.42 Å². The third-order valence-electron chi connectivity index (χ3n) is 6.58. The Balaban J connectivity index is 1.26. The lowest BCUT2D eigenvalue weighted by Gasteiger charge is -2.51. The highest BCUT2D eigenvalue weighted by molar-refractivity contribution is 7.88. The van der Waals surface area contributed by atoms with Gasteiger partial charge in [-0.1, -0.05) is 18.2 Å². The van der Waals surface area contributed by atoms with Gasteiger partial charge in [-0.05, 0) is 43.4 Å². The molecule has 150 valence electrons. The first-order chi connectivity index (χ1) is 13.0. The SMILES string of the molecule is CS(=O)(=O)NC[C@H]1C[C@@H]2CCN1C[C@@H]2CN1CCN(c2ccccc2)CC1. The van der Waals surface area contributed by atoms with Crippen molar-refractivity contribution in [2.75, 3.05) is 63.5 Å². The maximum atomic E-state index is 11.4. The van der Waals surface area contributed by atoms with Crippen molar-refractivity contribution in [3.63, 3.8) is 0 Å². The second-order valence-corrected chi connectivity index (χ2v) is 10.3. The van der Waals surface area contributed by atoms with Gasteiger partial charge >= 0.3 is 0 Å². The largest absolute Gasteiger partial charge is 0.369 e. The highest BCUT2D eigenvalue weighted by Gasteiger charge is 2.40. The molecular formula is C20H32N4O2S. The molecule has 1 aromatic carbocycles. The van der Waals surface area contributed by atoms with Crippen molar-refractivity contribution in [1.29, 1.82) is 0 Å². The normalized spacial score (nSPS) is 32.0. The number of piperidine rings is 3. The molecule has 4 aliphatic rings. The average Bonchev–Trinajstić information content (AvgIpc) is 2.68. The summed E-state index contributed by atoms with van der Waals surface area (Å²) in [5.74, 6) is 1.48. The van der Waals surface area contributed by atoms with E-state index in [1.165, 1.54) is 24.9 Å². The fraction of sp³-hybridized carbons (Fsp3) is 0.700. The number of hydrogen-bond acceptors (Lipinski definition) is 5. The zero-order valence-corrected chi connectivity index (χ0v) is 17.1. The predicted molar refractivity (Wildman–Crippen MR) is 110 cm³/mol. The second kappa shape index (κ2) is 8.07. The lowest BCUT2D eigenvalue weighted by atomic mass is 9.75. The molecule has 4 atom stereocenters. The van der Waals surface area contributed by atoms with Crippen LogP contribution in [0.5, 0.6) is 0 Å². The topological polar surface area (TPSA) is 55.9 Å². The highest BCUT2D eigenvalue weighted by atomic mass is 32.2. The number of piperazine rings is 1. The van der Waals surface area contributed by atoms with Crippen LogP contribution >= 0.6 is 0 Å². The third kappa shape index (κ3) is 4.83. The molecule has 6 nitrogen and oxygen atoms in total. The van der Waals surface area contributed by atoms with Gasteiger partial charge in [-0.15, -0.1) is 0 Å². The number of sulfonamides is 1. The van der Waals surface area contributed by atoms with Gasteiger partial charge < -0.3 is 4.90 Å². The van der Waals surface area contributed by atoms with E-state index >= 15 is 0 Å². The molecule has 5 rings (SSSR count). The van der Waals surface area contributed by atoms with Crippen molar-refractivity contribution in [2.24, 2.45) is 11.8 Å². The zero-order chi connectivity index (χ0) is 18.9. The minimum atomic E-state index is -3.09. The summed E-state index contributed by atoms with van der Waals surface area (Å²) < 4.78 is 25.5. The summed E-state index contributed by atoms with van der Waals surface area (Å²) >= 11 is 0. The fourth-order valence-corrected chi connectivity index (χ4v) is 5.57. The van der Waals surface area contributed by atoms with Crippen molar-refractivity contribution in [2.45, 2.75) is 18.9 Å². The van der Waals surface area contributed by atoms with Gasteiger partial charge in [0.1, 0.15) is 0 Å². The van der Waals surface area contributed by atoms with E-state index in [4.69, 9.17) is 0 Å². The molecule has 0 saturated carbocycles. The Hall–Kier alpha value is -1.15. The maximum absolute atomic E-state index is 11.4. The maximum Gasteiger partial charge on any atom is 0.208 e. The molecule has 1 unspecified atom stereocenters. The zero-order valence-electron chi connectivity index (χ0n) is 16.3. The lowest BCUT2D eigenvalue weighted by Crippen LogP contribution is -2.59. The molecule has 0 radical (unpaired) electrons. The van der Waals surface area contributed by atoms with Crippen LogP contribution in [0, 0.1) is 11.8 Å². The van der Waals surface area contributed by atoms with Crippen molar-refractivity contribution < 1.29 is 8.42 Å². The number of rotatable bonds is 6. The molecule has 0 aliphatic carbocycles. The van der Waals surface area contributed by atoms with Crippen molar-refractivity contribution in [3.8, 4) is 0 Å². The summed E-state index contributed by atoms with van der Waals surface area (Å²) in [6, 6.07) is 11.1. The first-order valence-corrected chi connectivity index (χ1v) is 12.1. The summed E-state index contributed by atoms with van der Waals surface area (Å²) in [4.78, 5) is 7.64. The van der Waals surface area contributed by atoms with Gasteiger partial charge in [0.25, 0.3) is 0 Å². The Morgan fingerprint density at radius 3 is 2.44 bits per heavy atom. The summed E-state index contributed by atoms with van der Waals surface area (Å²) in [6.45, 7) is 8.49. The summed E-state index contributed by atoms with van der Waals surface area (Å²) in [5.41, 5.74) is 1.33. The molecular weight excluding hydrogens is 360 g/mol. The number of fused-ring (bicyclic) bond motifs is 3. The molecule has 4 fully saturated rings. The highest BCUT2D eigenvalue weighted by Crippen LogP contribution is 2.36. The van der Waals surface area contributed by atoms with Gasteiger partial charge in [-0.3, -0.25) is 9.80 Å². The first-order valence-electron chi connectivity index (χ1n) is 10.2. The molecule has 0 aromatic heterocycles. The Bertz CT molecular complexity index is 719. The van der Waals surface area contributed by atoms with Crippen LogP contribution in [0.2, 0.25) is 0 Å². The monoisotopic (exact) mass is 392 g/mol. The minimum absolute atomic E-state index is 0.379. The van der Waals surface area contributed by atoms with E-state index in [0.29, 0.717) is 12.6 Å². The van der Waals surface area contributed by atoms with Crippen LogP contribution in [-0.4, -0.2) is 82.9 Å². The van der Waals surface area contributed by atoms with Crippen LogP contribution in [0.15, 0.2) is 30.3 Å². The van der Waals surface area contributed by atoms with Crippen molar-refractivity contribution >= 4 is 15.7 Å². The molecule has 2 bridgehead atoms. The van der Waals surface area contributed by atoms with E-state index in [0.717, 1.165) is 57.5 Å². The lowest BCUT2D eigenvalue weighted by molar-refractivity contribution is -0.0107. The molecule has 7 heteroatoms. The molecule has 4 saturated heterocycles. The summed E-state index contributed by atoms with van der Waals surface area (Å²) in [7, 11) is -3.09. The molecule has 0 spiro atoms. The van der Waals surface area contributed by atoms with Crippen LogP contribution < -0.4 is 9.62 Å². The van der Waals surface area contributed by atoms with E-state index in [1.807, 2.05) is 0 Å². The van der Waals surface area contributed by atoms with Crippen LogP contribution in [0.25, 0.3) is 0 Å². The van der Waals surface area contributed by atoms with Crippen LogP contribution in [0.1, 0.15) is 12.8 Å². The Kier molecular flexibility index (Phi) is 5.73. The number of hydrogen-bond donors (Lipinski definition) is 1. The molecule has 1 N–H and O–H groups in total. The molecule has 4 heterocycles.